The molecule has 0 bridgehead atoms. The minimum Gasteiger partial charge on any atom is -0.480 e. The second-order valence-electron chi connectivity index (χ2n) is 7.76. The summed E-state index contributed by atoms with van der Waals surface area (Å²) in [7, 11) is 0. The van der Waals surface area contributed by atoms with E-state index in [1.807, 2.05) is 30.3 Å². The Hall–Kier alpha value is -3.28. The van der Waals surface area contributed by atoms with Gasteiger partial charge in [0.1, 0.15) is 6.54 Å². The number of carbonyl (C=O) groups is 4. The summed E-state index contributed by atoms with van der Waals surface area (Å²) in [6, 6.07) is 15.4. The van der Waals surface area contributed by atoms with E-state index >= 15 is 0 Å². The Morgan fingerprint density at radius 2 is 1.66 bits per heavy atom. The lowest BCUT2D eigenvalue weighted by atomic mass is 9.66. The molecule has 0 fully saturated rings. The van der Waals surface area contributed by atoms with Gasteiger partial charge in [-0.25, -0.2) is 0 Å². The monoisotopic (exact) mass is 393 g/mol. The van der Waals surface area contributed by atoms with Gasteiger partial charge in [0.2, 0.25) is 5.91 Å². The smallest absolute Gasteiger partial charge is 0.322 e. The molecule has 2 N–H and O–H groups in total. The summed E-state index contributed by atoms with van der Waals surface area (Å²) < 4.78 is 0. The normalized spacial score (nSPS) is 17.5. The summed E-state index contributed by atoms with van der Waals surface area (Å²) in [4.78, 5) is 48.9. The number of fused-ring (bicyclic) bond motifs is 1. The van der Waals surface area contributed by atoms with Crippen molar-refractivity contribution < 1.29 is 24.3 Å². The van der Waals surface area contributed by atoms with Crippen molar-refractivity contribution in [1.82, 2.24) is 5.32 Å². The summed E-state index contributed by atoms with van der Waals surface area (Å²) in [6.45, 7) is 2.75. The van der Waals surface area contributed by atoms with Gasteiger partial charge in [0.15, 0.2) is 17.5 Å². The maximum Gasteiger partial charge on any atom is 0.322 e. The summed E-state index contributed by atoms with van der Waals surface area (Å²) in [5, 5.41) is 10.9. The molecule has 0 aromatic heterocycles. The molecule has 6 heteroatoms. The van der Waals surface area contributed by atoms with Crippen LogP contribution >= 0.6 is 0 Å². The van der Waals surface area contributed by atoms with Crippen molar-refractivity contribution in [2.75, 3.05) is 6.54 Å². The molecule has 0 radical (unpaired) electrons. The van der Waals surface area contributed by atoms with Gasteiger partial charge < -0.3 is 10.4 Å². The first-order valence-corrected chi connectivity index (χ1v) is 9.47. The number of amides is 1. The quantitative estimate of drug-likeness (QED) is 0.734. The number of carboxylic acid groups (broad SMARTS) is 1. The number of hydrogen-bond acceptors (Lipinski definition) is 4. The van der Waals surface area contributed by atoms with Gasteiger partial charge in [0.25, 0.3) is 0 Å². The molecule has 2 aromatic rings. The van der Waals surface area contributed by atoms with Gasteiger partial charge in [0.05, 0.1) is 5.41 Å². The molecular weight excluding hydrogens is 370 g/mol. The Morgan fingerprint density at radius 3 is 2.31 bits per heavy atom. The zero-order valence-corrected chi connectivity index (χ0v) is 16.4. The lowest BCUT2D eigenvalue weighted by Gasteiger charge is -2.34. The molecule has 0 saturated carbocycles. The molecule has 29 heavy (non-hydrogen) atoms. The van der Waals surface area contributed by atoms with E-state index in [9.17, 15) is 19.2 Å². The number of ketones is 2. The Labute approximate surface area is 168 Å². The Bertz CT molecular complexity index is 978. The summed E-state index contributed by atoms with van der Waals surface area (Å²) in [5.74, 6) is -4.72. The lowest BCUT2D eigenvalue weighted by Crippen LogP contribution is -2.51. The molecule has 0 saturated heterocycles. The van der Waals surface area contributed by atoms with Crippen LogP contribution in [-0.4, -0.2) is 35.1 Å². The van der Waals surface area contributed by atoms with Crippen LogP contribution in [-0.2, 0) is 32.6 Å². The van der Waals surface area contributed by atoms with Crippen molar-refractivity contribution in [3.05, 3.63) is 70.8 Å². The number of aryl methyl sites for hydroxylation is 2. The zero-order valence-electron chi connectivity index (χ0n) is 16.4. The number of aliphatic carboxylic acids is 1. The van der Waals surface area contributed by atoms with E-state index in [0.717, 1.165) is 18.4 Å². The molecule has 1 amide bonds. The minimum absolute atomic E-state index is 0.341. The van der Waals surface area contributed by atoms with Crippen LogP contribution in [0.2, 0.25) is 0 Å². The van der Waals surface area contributed by atoms with E-state index in [1.165, 1.54) is 5.56 Å². The number of hydrogen-bond donors (Lipinski definition) is 2. The topological polar surface area (TPSA) is 101 Å². The Morgan fingerprint density at radius 1 is 1.00 bits per heavy atom. The molecule has 1 unspecified atom stereocenters. The fourth-order valence-electron chi connectivity index (χ4n) is 3.68. The van der Waals surface area contributed by atoms with Crippen molar-refractivity contribution in [3.63, 3.8) is 0 Å². The van der Waals surface area contributed by atoms with Crippen LogP contribution in [0.4, 0.5) is 0 Å². The van der Waals surface area contributed by atoms with Crippen LogP contribution in [0.15, 0.2) is 48.5 Å². The van der Waals surface area contributed by atoms with Crippen molar-refractivity contribution in [1.29, 1.82) is 0 Å². The molecule has 0 aliphatic heterocycles. The third kappa shape index (κ3) is 4.11. The highest BCUT2D eigenvalue weighted by Gasteiger charge is 2.49. The highest BCUT2D eigenvalue weighted by molar-refractivity contribution is 6.28. The molecule has 150 valence electrons. The van der Waals surface area contributed by atoms with Crippen LogP contribution in [0.1, 0.15) is 40.9 Å². The molecule has 1 atom stereocenters. The second-order valence-corrected chi connectivity index (χ2v) is 7.76. The molecule has 2 aromatic carbocycles. The molecule has 0 heterocycles. The number of nitrogens with one attached hydrogen (secondary N) is 1. The van der Waals surface area contributed by atoms with E-state index in [-0.39, 0.29) is 0 Å². The molecule has 0 spiro atoms. The van der Waals surface area contributed by atoms with Crippen LogP contribution in [0.3, 0.4) is 0 Å². The average Bonchev–Trinajstić information content (AvgIpc) is 2.70. The van der Waals surface area contributed by atoms with Gasteiger partial charge in [-0.15, -0.1) is 0 Å². The maximum atomic E-state index is 13.0. The van der Waals surface area contributed by atoms with E-state index in [4.69, 9.17) is 5.11 Å². The van der Waals surface area contributed by atoms with Crippen molar-refractivity contribution in [3.8, 4) is 0 Å². The largest absolute Gasteiger partial charge is 0.480 e. The van der Waals surface area contributed by atoms with Gasteiger partial charge in [0, 0.05) is 5.56 Å². The van der Waals surface area contributed by atoms with E-state index < -0.39 is 41.3 Å². The van der Waals surface area contributed by atoms with Crippen molar-refractivity contribution in [2.45, 2.75) is 32.1 Å². The number of carbonyl (C=O) groups excluding carboxylic acids is 3. The summed E-state index contributed by atoms with van der Waals surface area (Å²) in [5.41, 5.74) is 2.13. The van der Waals surface area contributed by atoms with E-state index in [1.54, 1.807) is 19.9 Å². The molecule has 1 aliphatic carbocycles. The second kappa shape index (κ2) is 7.99. The fraction of sp³-hybridized carbons (Fsp3) is 0.304. The zero-order chi connectivity index (χ0) is 21.2. The number of benzene rings is 2. The maximum absolute atomic E-state index is 13.0. The number of Topliss-reactive ketones (excluding diaryl/α,β-unsaturated/α-hetero) is 2. The third-order valence-corrected chi connectivity index (χ3v) is 5.38. The van der Waals surface area contributed by atoms with E-state index in [2.05, 4.69) is 17.4 Å². The van der Waals surface area contributed by atoms with Gasteiger partial charge >= 0.3 is 5.97 Å². The molecule has 3 rings (SSSR count). The van der Waals surface area contributed by atoms with Crippen LogP contribution in [0, 0.1) is 5.92 Å². The minimum atomic E-state index is -1.52. The van der Waals surface area contributed by atoms with Gasteiger partial charge in [-0.1, -0.05) is 48.5 Å². The summed E-state index contributed by atoms with van der Waals surface area (Å²) >= 11 is 0. The third-order valence-electron chi connectivity index (χ3n) is 5.38. The van der Waals surface area contributed by atoms with Crippen LogP contribution in [0.5, 0.6) is 0 Å². The first kappa shape index (κ1) is 20.5. The lowest BCUT2D eigenvalue weighted by molar-refractivity contribution is -0.140. The number of carboxylic acids is 1. The van der Waals surface area contributed by atoms with Crippen LogP contribution < -0.4 is 5.32 Å². The Balaban J connectivity index is 1.87. The first-order chi connectivity index (χ1) is 13.7. The highest BCUT2D eigenvalue weighted by atomic mass is 16.4. The predicted molar refractivity (Wildman–Crippen MR) is 107 cm³/mol. The number of rotatable bonds is 6. The van der Waals surface area contributed by atoms with Gasteiger partial charge in [-0.3, -0.25) is 19.2 Å². The van der Waals surface area contributed by atoms with Crippen molar-refractivity contribution in [2.24, 2.45) is 5.92 Å². The van der Waals surface area contributed by atoms with E-state index in [0.29, 0.717) is 11.1 Å². The summed E-state index contributed by atoms with van der Waals surface area (Å²) in [6.07, 6.45) is 1.60. The molecular formula is C23H23NO5. The van der Waals surface area contributed by atoms with Gasteiger partial charge in [-0.2, -0.15) is 0 Å². The molecule has 1 aliphatic rings. The molecule has 6 nitrogen and oxygen atoms in total. The standard InChI is InChI=1S/C23H23NO5/c1-23(2)17-12-15(9-8-14-6-4-3-5-7-14)10-11-16(17)20(27)19(21(23)28)22(29)24-13-18(25)26/h3-7,10-12,19H,8-9,13H2,1-2H3,(H,24,29)(H,25,26). The Kier molecular flexibility index (Phi) is 5.64. The average molecular weight is 393 g/mol. The highest BCUT2D eigenvalue weighted by Crippen LogP contribution is 2.37. The predicted octanol–water partition coefficient (Wildman–Crippen LogP) is 2.33. The SMILES string of the molecule is CC1(C)C(=O)C(C(=O)NCC(=O)O)C(=O)c2ccc(CCc3ccccc3)cc21. The fourth-order valence-corrected chi connectivity index (χ4v) is 3.68. The first-order valence-electron chi connectivity index (χ1n) is 9.47. The van der Waals surface area contributed by atoms with Crippen molar-refractivity contribution >= 4 is 23.4 Å². The van der Waals surface area contributed by atoms with Gasteiger partial charge in [-0.05, 0) is 43.4 Å². The van der Waals surface area contributed by atoms with Crippen LogP contribution in [0.25, 0.3) is 0 Å².